The lowest BCUT2D eigenvalue weighted by Crippen LogP contribution is -2.48. The Morgan fingerprint density at radius 3 is 2.67 bits per heavy atom. The fourth-order valence-electron chi connectivity index (χ4n) is 4.21. The molecule has 3 N–H and O–H groups in total. The number of thioether (sulfide) groups is 1. The Balaban J connectivity index is 0.00000208. The maximum atomic E-state index is 12.7. The number of amides is 1. The minimum absolute atomic E-state index is 0. The lowest BCUT2D eigenvalue weighted by molar-refractivity contribution is -0.122. The Bertz CT molecular complexity index is 540. The van der Waals surface area contributed by atoms with E-state index in [1.807, 2.05) is 23.9 Å². The van der Waals surface area contributed by atoms with Crippen molar-refractivity contribution in [3.05, 3.63) is 29.8 Å². The Hall–Kier alpha value is -0.710. The first-order valence-electron chi connectivity index (χ1n) is 8.90. The van der Waals surface area contributed by atoms with Crippen molar-refractivity contribution in [2.24, 2.45) is 23.5 Å². The van der Waals surface area contributed by atoms with E-state index in [-0.39, 0.29) is 24.2 Å². The van der Waals surface area contributed by atoms with Gasteiger partial charge in [0.1, 0.15) is 0 Å². The van der Waals surface area contributed by atoms with E-state index in [1.165, 1.54) is 24.8 Å². The van der Waals surface area contributed by atoms with Gasteiger partial charge in [-0.1, -0.05) is 25.5 Å². The zero-order valence-electron chi connectivity index (χ0n) is 14.4. The average molecular weight is 369 g/mol. The maximum Gasteiger partial charge on any atom is 0.227 e. The Morgan fingerprint density at radius 2 is 2.00 bits per heavy atom. The molecule has 134 valence electrons. The van der Waals surface area contributed by atoms with E-state index < -0.39 is 0 Å². The van der Waals surface area contributed by atoms with Crippen molar-refractivity contribution < 1.29 is 4.79 Å². The molecule has 2 saturated carbocycles. The largest absolute Gasteiger partial charge is 0.327 e. The molecule has 0 aromatic heterocycles. The van der Waals surface area contributed by atoms with Crippen LogP contribution in [-0.4, -0.2) is 17.7 Å². The van der Waals surface area contributed by atoms with Crippen molar-refractivity contribution >= 4 is 35.8 Å². The molecule has 2 unspecified atom stereocenters. The molecule has 1 aromatic rings. The molecular formula is C19H29ClN2OS. The zero-order valence-corrected chi connectivity index (χ0v) is 16.0. The highest BCUT2D eigenvalue weighted by Gasteiger charge is 2.40. The molecule has 5 heteroatoms. The minimum Gasteiger partial charge on any atom is -0.327 e. The van der Waals surface area contributed by atoms with Crippen LogP contribution in [0.25, 0.3) is 0 Å². The topological polar surface area (TPSA) is 55.1 Å². The van der Waals surface area contributed by atoms with Gasteiger partial charge >= 0.3 is 0 Å². The van der Waals surface area contributed by atoms with Crippen LogP contribution in [0.15, 0.2) is 24.3 Å². The zero-order chi connectivity index (χ0) is 16.2. The molecule has 0 radical (unpaired) electrons. The molecule has 3 nitrogen and oxygen atoms in total. The van der Waals surface area contributed by atoms with Gasteiger partial charge in [0.05, 0.1) is 0 Å². The Labute approximate surface area is 155 Å². The van der Waals surface area contributed by atoms with Crippen molar-refractivity contribution in [1.82, 2.24) is 0 Å². The van der Waals surface area contributed by atoms with Crippen LogP contribution in [0.2, 0.25) is 0 Å². The summed E-state index contributed by atoms with van der Waals surface area (Å²) in [6.45, 7) is 2.17. The molecule has 2 aliphatic rings. The second-order valence-corrected chi connectivity index (χ2v) is 8.30. The third-order valence-electron chi connectivity index (χ3n) is 5.45. The molecule has 0 aliphatic heterocycles. The molecule has 2 atom stereocenters. The van der Waals surface area contributed by atoms with Crippen molar-refractivity contribution in [2.45, 2.75) is 50.8 Å². The van der Waals surface area contributed by atoms with Crippen molar-refractivity contribution in [2.75, 3.05) is 11.1 Å². The third kappa shape index (κ3) is 4.68. The van der Waals surface area contributed by atoms with Gasteiger partial charge in [0.2, 0.25) is 5.91 Å². The number of carbonyl (C=O) groups is 1. The van der Waals surface area contributed by atoms with Gasteiger partial charge in [-0.15, -0.1) is 12.4 Å². The van der Waals surface area contributed by atoms with Gasteiger partial charge < -0.3 is 11.1 Å². The first-order valence-corrected chi connectivity index (χ1v) is 10.1. The molecule has 0 heterocycles. The van der Waals surface area contributed by atoms with Crippen LogP contribution in [-0.2, 0) is 10.5 Å². The highest BCUT2D eigenvalue weighted by atomic mass is 35.5. The molecule has 0 spiro atoms. The molecule has 1 aromatic carbocycles. The number of halogens is 1. The number of carbonyl (C=O) groups excluding carboxylic acids is 1. The quantitative estimate of drug-likeness (QED) is 0.807. The highest BCUT2D eigenvalue weighted by molar-refractivity contribution is 7.98. The lowest BCUT2D eigenvalue weighted by Gasteiger charge is -2.43. The Morgan fingerprint density at radius 1 is 1.29 bits per heavy atom. The standard InChI is InChI=1S/C19H28N2OS.ClH/c1-2-23-12-13-5-3-8-17(9-13)21-19(22)16-10-14-6-4-7-15(11-16)18(14)20;/h3,5,8-9,14-16,18H,2,4,6-7,10-12,20H2,1H3,(H,21,22);1H. The van der Waals surface area contributed by atoms with Gasteiger partial charge in [-0.2, -0.15) is 11.8 Å². The van der Waals surface area contributed by atoms with Gasteiger partial charge in [-0.25, -0.2) is 0 Å². The minimum atomic E-state index is 0. The third-order valence-corrected chi connectivity index (χ3v) is 6.40. The normalized spacial score (nSPS) is 28.8. The van der Waals surface area contributed by atoms with E-state index in [1.54, 1.807) is 0 Å². The van der Waals surface area contributed by atoms with Crippen LogP contribution >= 0.6 is 24.2 Å². The summed E-state index contributed by atoms with van der Waals surface area (Å²) in [6, 6.07) is 8.58. The summed E-state index contributed by atoms with van der Waals surface area (Å²) in [4.78, 5) is 12.7. The molecule has 24 heavy (non-hydrogen) atoms. The summed E-state index contributed by atoms with van der Waals surface area (Å²) in [5.41, 5.74) is 8.54. The first-order chi connectivity index (χ1) is 11.2. The summed E-state index contributed by atoms with van der Waals surface area (Å²) >= 11 is 1.90. The number of hydrogen-bond acceptors (Lipinski definition) is 3. The Kier molecular flexibility index (Phi) is 7.45. The van der Waals surface area contributed by atoms with E-state index in [4.69, 9.17) is 5.73 Å². The van der Waals surface area contributed by atoms with E-state index in [2.05, 4.69) is 24.4 Å². The van der Waals surface area contributed by atoms with Gasteiger partial charge in [0.15, 0.2) is 0 Å². The fourth-order valence-corrected chi connectivity index (χ4v) is 4.83. The number of nitrogens with one attached hydrogen (secondary N) is 1. The van der Waals surface area contributed by atoms with Gasteiger partial charge in [0, 0.05) is 23.4 Å². The van der Waals surface area contributed by atoms with Gasteiger partial charge in [0.25, 0.3) is 0 Å². The molecule has 0 saturated heterocycles. The molecular weight excluding hydrogens is 340 g/mol. The van der Waals surface area contributed by atoms with Crippen LogP contribution in [0, 0.1) is 17.8 Å². The second-order valence-electron chi connectivity index (χ2n) is 7.02. The summed E-state index contributed by atoms with van der Waals surface area (Å²) < 4.78 is 0. The van der Waals surface area contributed by atoms with Crippen LogP contribution in [0.1, 0.15) is 44.6 Å². The lowest BCUT2D eigenvalue weighted by atomic mass is 9.65. The second kappa shape index (κ2) is 9.12. The number of rotatable bonds is 5. The number of benzene rings is 1. The molecule has 2 fully saturated rings. The summed E-state index contributed by atoms with van der Waals surface area (Å²) in [5, 5.41) is 3.14. The van der Waals surface area contributed by atoms with Crippen molar-refractivity contribution in [3.63, 3.8) is 0 Å². The summed E-state index contributed by atoms with van der Waals surface area (Å²) in [5.74, 6) is 3.54. The number of fused-ring (bicyclic) bond motifs is 2. The van der Waals surface area contributed by atoms with E-state index in [9.17, 15) is 4.79 Å². The summed E-state index contributed by atoms with van der Waals surface area (Å²) in [6.07, 6.45) is 5.62. The number of hydrogen-bond donors (Lipinski definition) is 2. The van der Waals surface area contributed by atoms with E-state index >= 15 is 0 Å². The summed E-state index contributed by atoms with van der Waals surface area (Å²) in [7, 11) is 0. The first kappa shape index (κ1) is 19.6. The van der Waals surface area contributed by atoms with E-state index in [0.29, 0.717) is 17.9 Å². The molecule has 1 amide bonds. The van der Waals surface area contributed by atoms with Crippen LogP contribution in [0.4, 0.5) is 5.69 Å². The number of anilines is 1. The fraction of sp³-hybridized carbons (Fsp3) is 0.632. The van der Waals surface area contributed by atoms with Gasteiger partial charge in [-0.3, -0.25) is 4.79 Å². The number of nitrogens with two attached hydrogens (primary N) is 1. The van der Waals surface area contributed by atoms with Crippen LogP contribution in [0.3, 0.4) is 0 Å². The highest BCUT2D eigenvalue weighted by Crippen LogP contribution is 2.42. The average Bonchev–Trinajstić information content (AvgIpc) is 2.53. The van der Waals surface area contributed by atoms with E-state index in [0.717, 1.165) is 30.0 Å². The van der Waals surface area contributed by atoms with Crippen molar-refractivity contribution in [3.8, 4) is 0 Å². The smallest absolute Gasteiger partial charge is 0.227 e. The van der Waals surface area contributed by atoms with Crippen LogP contribution in [0.5, 0.6) is 0 Å². The monoisotopic (exact) mass is 368 g/mol. The molecule has 3 rings (SSSR count). The van der Waals surface area contributed by atoms with Gasteiger partial charge in [-0.05, 0) is 61.0 Å². The SMILES string of the molecule is CCSCc1cccc(NC(=O)C2CC3CCCC(C2)C3N)c1.Cl. The maximum absolute atomic E-state index is 12.7. The predicted molar refractivity (Wildman–Crippen MR) is 106 cm³/mol. The molecule has 2 bridgehead atoms. The molecule has 2 aliphatic carbocycles. The van der Waals surface area contributed by atoms with Crippen LogP contribution < -0.4 is 11.1 Å². The van der Waals surface area contributed by atoms with Crippen molar-refractivity contribution in [1.29, 1.82) is 0 Å². The predicted octanol–water partition coefficient (Wildman–Crippen LogP) is 4.45.